The van der Waals surface area contributed by atoms with Crippen LogP contribution in [0.25, 0.3) is 16.7 Å². The van der Waals surface area contributed by atoms with Crippen LogP contribution < -0.4 is 5.69 Å². The fraction of sp³-hybridized carbons (Fsp3) is 0.211. The molecule has 124 valence electrons. The van der Waals surface area contributed by atoms with Crippen molar-refractivity contribution in [2.24, 2.45) is 0 Å². The minimum Gasteiger partial charge on any atom is -0.287 e. The van der Waals surface area contributed by atoms with Gasteiger partial charge in [0.1, 0.15) is 0 Å². The molecule has 0 N–H and O–H groups in total. The largest absolute Gasteiger partial charge is 0.333 e. The number of hydrogen-bond acceptors (Lipinski definition) is 1. The highest BCUT2D eigenvalue weighted by molar-refractivity contribution is 6.36. The predicted molar refractivity (Wildman–Crippen MR) is 102 cm³/mol. The Labute approximate surface area is 150 Å². The average Bonchev–Trinajstić information content (AvgIpc) is 2.75. The third-order valence-corrected chi connectivity index (χ3v) is 5.01. The first-order valence-corrected chi connectivity index (χ1v) is 8.38. The normalized spacial score (nSPS) is 11.2. The van der Waals surface area contributed by atoms with Gasteiger partial charge in [-0.2, -0.15) is 0 Å². The van der Waals surface area contributed by atoms with Crippen LogP contribution in [0.5, 0.6) is 0 Å². The molecule has 0 saturated heterocycles. The van der Waals surface area contributed by atoms with E-state index in [1.54, 1.807) is 27.3 Å². The van der Waals surface area contributed by atoms with E-state index < -0.39 is 0 Å². The second-order valence-electron chi connectivity index (χ2n) is 6.06. The molecule has 0 radical (unpaired) electrons. The molecule has 0 aliphatic heterocycles. The quantitative estimate of drug-likeness (QED) is 0.625. The maximum absolute atomic E-state index is 13.0. The number of hydrogen-bond donors (Lipinski definition) is 0. The third kappa shape index (κ3) is 2.68. The zero-order valence-electron chi connectivity index (χ0n) is 13.9. The van der Waals surface area contributed by atoms with Gasteiger partial charge in [0.2, 0.25) is 0 Å². The standard InChI is InChI=1S/C19H18Cl2N2O/c1-11(2)23-18-9-13(4)12(3)8-17(18)22(19(23)24)10-14-15(20)6-5-7-16(14)21/h5-9H,1,10H2,2-4H3. The first-order valence-electron chi connectivity index (χ1n) is 7.62. The maximum Gasteiger partial charge on any atom is 0.333 e. The molecule has 0 bridgehead atoms. The van der Waals surface area contributed by atoms with E-state index in [0.717, 1.165) is 27.7 Å². The van der Waals surface area contributed by atoms with E-state index in [4.69, 9.17) is 23.2 Å². The van der Waals surface area contributed by atoms with Crippen LogP contribution in [0.2, 0.25) is 10.0 Å². The van der Waals surface area contributed by atoms with Gasteiger partial charge >= 0.3 is 5.69 Å². The van der Waals surface area contributed by atoms with Crippen LogP contribution in [0.3, 0.4) is 0 Å². The Bertz CT molecular complexity index is 1010. The van der Waals surface area contributed by atoms with Gasteiger partial charge in [0.05, 0.1) is 17.6 Å². The zero-order valence-corrected chi connectivity index (χ0v) is 15.4. The van der Waals surface area contributed by atoms with Gasteiger partial charge in [-0.3, -0.25) is 9.13 Å². The Morgan fingerprint density at radius 3 is 2.17 bits per heavy atom. The number of allylic oxidation sites excluding steroid dienone is 1. The van der Waals surface area contributed by atoms with Gasteiger partial charge < -0.3 is 0 Å². The topological polar surface area (TPSA) is 26.9 Å². The third-order valence-electron chi connectivity index (χ3n) is 4.30. The number of benzene rings is 2. The fourth-order valence-corrected chi connectivity index (χ4v) is 3.39. The number of imidazole rings is 1. The summed E-state index contributed by atoms with van der Waals surface area (Å²) >= 11 is 12.6. The minimum absolute atomic E-state index is 0.140. The second-order valence-corrected chi connectivity index (χ2v) is 6.88. The maximum atomic E-state index is 13.0. The molecule has 0 saturated carbocycles. The van der Waals surface area contributed by atoms with E-state index in [1.165, 1.54) is 0 Å². The molecule has 0 aliphatic rings. The summed E-state index contributed by atoms with van der Waals surface area (Å²) in [6.07, 6.45) is 0. The number of aromatic nitrogens is 2. The molecule has 1 heterocycles. The fourth-order valence-electron chi connectivity index (χ4n) is 2.87. The van der Waals surface area contributed by atoms with Gasteiger partial charge in [-0.15, -0.1) is 0 Å². The first kappa shape index (κ1) is 16.9. The summed E-state index contributed by atoms with van der Waals surface area (Å²) in [6, 6.07) is 9.39. The van der Waals surface area contributed by atoms with Crippen LogP contribution in [0.15, 0.2) is 41.7 Å². The van der Waals surface area contributed by atoms with Crippen molar-refractivity contribution in [1.82, 2.24) is 9.13 Å². The Morgan fingerprint density at radius 2 is 1.62 bits per heavy atom. The van der Waals surface area contributed by atoms with Crippen molar-refractivity contribution in [3.05, 3.63) is 74.1 Å². The summed E-state index contributed by atoms with van der Waals surface area (Å²) in [4.78, 5) is 13.0. The molecule has 0 aliphatic carbocycles. The van der Waals surface area contributed by atoms with Crippen molar-refractivity contribution in [3.8, 4) is 0 Å². The van der Waals surface area contributed by atoms with Crippen LogP contribution in [-0.4, -0.2) is 9.13 Å². The Kier molecular flexibility index (Phi) is 4.33. The molecular formula is C19H18Cl2N2O. The summed E-state index contributed by atoms with van der Waals surface area (Å²) in [5.74, 6) is 0. The van der Waals surface area contributed by atoms with E-state index in [-0.39, 0.29) is 5.69 Å². The van der Waals surface area contributed by atoms with Crippen molar-refractivity contribution in [1.29, 1.82) is 0 Å². The number of nitrogens with zero attached hydrogens (tertiary/aromatic N) is 2. The number of halogens is 2. The van der Waals surface area contributed by atoms with Crippen molar-refractivity contribution in [3.63, 3.8) is 0 Å². The summed E-state index contributed by atoms with van der Waals surface area (Å²) in [5, 5.41) is 1.10. The molecule has 0 amide bonds. The molecule has 0 atom stereocenters. The first-order chi connectivity index (χ1) is 11.3. The van der Waals surface area contributed by atoms with E-state index in [1.807, 2.05) is 32.9 Å². The minimum atomic E-state index is -0.140. The van der Waals surface area contributed by atoms with E-state index in [2.05, 4.69) is 6.58 Å². The lowest BCUT2D eigenvalue weighted by atomic mass is 10.1. The van der Waals surface area contributed by atoms with Gasteiger partial charge in [-0.05, 0) is 56.2 Å². The summed E-state index contributed by atoms with van der Waals surface area (Å²) in [6.45, 7) is 10.1. The molecule has 3 aromatic rings. The molecule has 5 heteroatoms. The van der Waals surface area contributed by atoms with Crippen LogP contribution >= 0.6 is 23.2 Å². The Balaban J connectivity index is 2.32. The monoisotopic (exact) mass is 360 g/mol. The van der Waals surface area contributed by atoms with E-state index in [0.29, 0.717) is 22.3 Å². The second kappa shape index (κ2) is 6.15. The SMILES string of the molecule is C=C(C)n1c(=O)n(Cc2c(Cl)cccc2Cl)c2cc(C)c(C)cc21. The lowest BCUT2D eigenvalue weighted by molar-refractivity contribution is 0.766. The van der Waals surface area contributed by atoms with E-state index >= 15 is 0 Å². The molecule has 3 nitrogen and oxygen atoms in total. The molecule has 0 unspecified atom stereocenters. The van der Waals surface area contributed by atoms with Crippen molar-refractivity contribution in [2.45, 2.75) is 27.3 Å². The van der Waals surface area contributed by atoms with Crippen LogP contribution in [0, 0.1) is 13.8 Å². The number of rotatable bonds is 3. The number of fused-ring (bicyclic) bond motifs is 1. The molecule has 0 fully saturated rings. The molecule has 1 aromatic heterocycles. The predicted octanol–water partition coefficient (Wildman–Crippen LogP) is 5.27. The highest BCUT2D eigenvalue weighted by Crippen LogP contribution is 2.27. The van der Waals surface area contributed by atoms with Gasteiger partial charge in [-0.25, -0.2) is 4.79 Å². The van der Waals surface area contributed by atoms with Crippen LogP contribution in [0.4, 0.5) is 0 Å². The highest BCUT2D eigenvalue weighted by Gasteiger charge is 2.17. The lowest BCUT2D eigenvalue weighted by Gasteiger charge is -2.09. The number of aryl methyl sites for hydroxylation is 2. The molecule has 24 heavy (non-hydrogen) atoms. The molecule has 2 aromatic carbocycles. The summed E-state index contributed by atoms with van der Waals surface area (Å²) in [7, 11) is 0. The van der Waals surface area contributed by atoms with E-state index in [9.17, 15) is 4.79 Å². The zero-order chi connectivity index (χ0) is 17.6. The van der Waals surface area contributed by atoms with Crippen LogP contribution in [-0.2, 0) is 6.54 Å². The summed E-state index contributed by atoms with van der Waals surface area (Å²) in [5.41, 5.74) is 5.23. The molecule has 3 rings (SSSR count). The van der Waals surface area contributed by atoms with Gasteiger partial charge in [0.15, 0.2) is 0 Å². The highest BCUT2D eigenvalue weighted by atomic mass is 35.5. The summed E-state index contributed by atoms with van der Waals surface area (Å²) < 4.78 is 3.33. The van der Waals surface area contributed by atoms with Gasteiger partial charge in [-0.1, -0.05) is 35.8 Å². The van der Waals surface area contributed by atoms with Crippen molar-refractivity contribution >= 4 is 39.9 Å². The van der Waals surface area contributed by atoms with Gasteiger partial charge in [0.25, 0.3) is 0 Å². The van der Waals surface area contributed by atoms with Crippen LogP contribution in [0.1, 0.15) is 23.6 Å². The average molecular weight is 361 g/mol. The Hall–Kier alpha value is -1.97. The lowest BCUT2D eigenvalue weighted by Crippen LogP contribution is -2.23. The van der Waals surface area contributed by atoms with Gasteiger partial charge in [0, 0.05) is 21.3 Å². The molecular weight excluding hydrogens is 343 g/mol. The van der Waals surface area contributed by atoms with Crippen molar-refractivity contribution < 1.29 is 0 Å². The smallest absolute Gasteiger partial charge is 0.287 e. The Morgan fingerprint density at radius 1 is 1.08 bits per heavy atom. The molecule has 0 spiro atoms. The van der Waals surface area contributed by atoms with Crippen molar-refractivity contribution in [2.75, 3.05) is 0 Å².